The summed E-state index contributed by atoms with van der Waals surface area (Å²) in [6, 6.07) is 5.16. The number of phenols is 1. The molecule has 0 aliphatic rings. The highest BCUT2D eigenvalue weighted by Crippen LogP contribution is 2.36. The molecule has 0 aromatic heterocycles. The van der Waals surface area contributed by atoms with E-state index in [1.807, 2.05) is 6.07 Å². The molecular formula is C11H16BrNO. The van der Waals surface area contributed by atoms with Crippen molar-refractivity contribution in [1.29, 1.82) is 0 Å². The van der Waals surface area contributed by atoms with E-state index >= 15 is 0 Å². The molecular weight excluding hydrogens is 242 g/mol. The van der Waals surface area contributed by atoms with Gasteiger partial charge in [0.1, 0.15) is 5.75 Å². The Kier molecular flexibility index (Phi) is 3.22. The van der Waals surface area contributed by atoms with Gasteiger partial charge in [0.2, 0.25) is 0 Å². The number of rotatable bonds is 1. The maximum Gasteiger partial charge on any atom is 0.120 e. The first kappa shape index (κ1) is 11.5. The Morgan fingerprint density at radius 2 is 1.93 bits per heavy atom. The van der Waals surface area contributed by atoms with E-state index < -0.39 is 0 Å². The van der Waals surface area contributed by atoms with Crippen LogP contribution in [0, 0.1) is 5.41 Å². The van der Waals surface area contributed by atoms with E-state index in [0.717, 1.165) is 10.0 Å². The summed E-state index contributed by atoms with van der Waals surface area (Å²) in [6.07, 6.45) is 0. The summed E-state index contributed by atoms with van der Waals surface area (Å²) < 4.78 is 0.935. The van der Waals surface area contributed by atoms with E-state index in [2.05, 4.69) is 36.7 Å². The summed E-state index contributed by atoms with van der Waals surface area (Å²) in [5.74, 6) is 0.260. The molecule has 1 aromatic carbocycles. The fraction of sp³-hybridized carbons (Fsp3) is 0.455. The van der Waals surface area contributed by atoms with Crippen molar-refractivity contribution in [3.05, 3.63) is 28.2 Å². The molecule has 0 aliphatic heterocycles. The number of nitrogens with two attached hydrogens (primary N) is 1. The number of phenolic OH excluding ortho intramolecular Hbond substituents is 1. The van der Waals surface area contributed by atoms with Gasteiger partial charge in [-0.25, -0.2) is 0 Å². The minimum Gasteiger partial charge on any atom is -0.508 e. The average molecular weight is 258 g/mol. The maximum absolute atomic E-state index is 9.67. The van der Waals surface area contributed by atoms with Gasteiger partial charge in [-0.15, -0.1) is 0 Å². The van der Waals surface area contributed by atoms with Gasteiger partial charge in [-0.2, -0.15) is 0 Å². The molecule has 0 bridgehead atoms. The van der Waals surface area contributed by atoms with Crippen LogP contribution in [0.3, 0.4) is 0 Å². The van der Waals surface area contributed by atoms with Gasteiger partial charge in [-0.3, -0.25) is 0 Å². The van der Waals surface area contributed by atoms with Crippen LogP contribution < -0.4 is 5.73 Å². The van der Waals surface area contributed by atoms with Gasteiger partial charge in [0, 0.05) is 16.1 Å². The highest BCUT2D eigenvalue weighted by atomic mass is 79.9. The monoisotopic (exact) mass is 257 g/mol. The minimum atomic E-state index is -0.167. The molecule has 1 rings (SSSR count). The van der Waals surface area contributed by atoms with Crippen LogP contribution in [-0.2, 0) is 0 Å². The van der Waals surface area contributed by atoms with Gasteiger partial charge in [0.05, 0.1) is 0 Å². The second kappa shape index (κ2) is 3.91. The van der Waals surface area contributed by atoms with Crippen molar-refractivity contribution in [2.45, 2.75) is 26.8 Å². The second-order valence-corrected chi connectivity index (χ2v) is 5.46. The first-order valence-corrected chi connectivity index (χ1v) is 5.35. The van der Waals surface area contributed by atoms with E-state index in [-0.39, 0.29) is 17.2 Å². The molecule has 3 heteroatoms. The van der Waals surface area contributed by atoms with E-state index in [0.29, 0.717) is 0 Å². The topological polar surface area (TPSA) is 46.2 Å². The van der Waals surface area contributed by atoms with Crippen molar-refractivity contribution in [3.63, 3.8) is 0 Å². The smallest absolute Gasteiger partial charge is 0.120 e. The van der Waals surface area contributed by atoms with Crippen molar-refractivity contribution < 1.29 is 5.11 Å². The van der Waals surface area contributed by atoms with Crippen LogP contribution in [0.5, 0.6) is 5.75 Å². The lowest BCUT2D eigenvalue weighted by molar-refractivity contribution is 0.317. The highest BCUT2D eigenvalue weighted by molar-refractivity contribution is 9.10. The fourth-order valence-electron chi connectivity index (χ4n) is 1.24. The van der Waals surface area contributed by atoms with E-state index in [4.69, 9.17) is 5.73 Å². The lowest BCUT2D eigenvalue weighted by Gasteiger charge is -2.28. The Morgan fingerprint density at radius 1 is 1.36 bits per heavy atom. The van der Waals surface area contributed by atoms with Crippen LogP contribution in [0.4, 0.5) is 0 Å². The Labute approximate surface area is 93.3 Å². The van der Waals surface area contributed by atoms with Crippen LogP contribution in [0.15, 0.2) is 22.7 Å². The normalized spacial score (nSPS) is 14.1. The number of aromatic hydroxyl groups is 1. The molecule has 0 heterocycles. The van der Waals surface area contributed by atoms with Crippen LogP contribution in [0.2, 0.25) is 0 Å². The van der Waals surface area contributed by atoms with Crippen LogP contribution in [0.1, 0.15) is 32.4 Å². The molecule has 1 aromatic rings. The first-order chi connectivity index (χ1) is 6.32. The van der Waals surface area contributed by atoms with Crippen LogP contribution in [0.25, 0.3) is 0 Å². The number of halogens is 1. The predicted octanol–water partition coefficient (Wildman–Crippen LogP) is 3.20. The molecule has 0 radical (unpaired) electrons. The molecule has 0 saturated heterocycles. The lowest BCUT2D eigenvalue weighted by Crippen LogP contribution is -2.26. The minimum absolute atomic E-state index is 0.0573. The third kappa shape index (κ3) is 2.49. The average Bonchev–Trinajstić information content (AvgIpc) is 2.06. The van der Waals surface area contributed by atoms with Gasteiger partial charge in [0.25, 0.3) is 0 Å². The van der Waals surface area contributed by atoms with Gasteiger partial charge in [-0.05, 0) is 23.6 Å². The molecule has 14 heavy (non-hydrogen) atoms. The standard InChI is InChI=1S/C11H16BrNO/c1-11(2,3)10(13)8-6-7(12)4-5-9(8)14/h4-6,10,14H,13H2,1-3H3/t10-/m1/s1. The van der Waals surface area contributed by atoms with E-state index in [9.17, 15) is 5.11 Å². The number of benzene rings is 1. The molecule has 0 fully saturated rings. The quantitative estimate of drug-likeness (QED) is 0.812. The third-order valence-corrected chi connectivity index (χ3v) is 2.75. The summed E-state index contributed by atoms with van der Waals surface area (Å²) in [6.45, 7) is 6.16. The Balaban J connectivity index is 3.12. The van der Waals surface area contributed by atoms with Crippen molar-refractivity contribution in [3.8, 4) is 5.75 Å². The lowest BCUT2D eigenvalue weighted by atomic mass is 9.83. The van der Waals surface area contributed by atoms with Crippen LogP contribution >= 0.6 is 15.9 Å². The Morgan fingerprint density at radius 3 is 2.43 bits per heavy atom. The molecule has 0 spiro atoms. The number of hydrogen-bond acceptors (Lipinski definition) is 2. The molecule has 3 N–H and O–H groups in total. The predicted molar refractivity (Wildman–Crippen MR) is 62.2 cm³/mol. The van der Waals surface area contributed by atoms with Gasteiger partial charge in [0.15, 0.2) is 0 Å². The zero-order valence-corrected chi connectivity index (χ0v) is 10.3. The first-order valence-electron chi connectivity index (χ1n) is 4.56. The summed E-state index contributed by atoms with van der Waals surface area (Å²) in [5, 5.41) is 9.67. The van der Waals surface area contributed by atoms with E-state index in [1.165, 1.54) is 0 Å². The highest BCUT2D eigenvalue weighted by Gasteiger charge is 2.24. The fourth-order valence-corrected chi connectivity index (χ4v) is 1.62. The molecule has 0 amide bonds. The number of hydrogen-bond donors (Lipinski definition) is 2. The van der Waals surface area contributed by atoms with Crippen molar-refractivity contribution in [1.82, 2.24) is 0 Å². The molecule has 0 saturated carbocycles. The Hall–Kier alpha value is -0.540. The molecule has 1 atom stereocenters. The van der Waals surface area contributed by atoms with Gasteiger partial charge in [-0.1, -0.05) is 36.7 Å². The van der Waals surface area contributed by atoms with Crippen molar-refractivity contribution in [2.75, 3.05) is 0 Å². The zero-order chi connectivity index (χ0) is 10.9. The third-order valence-electron chi connectivity index (χ3n) is 2.26. The second-order valence-electron chi connectivity index (χ2n) is 4.55. The summed E-state index contributed by atoms with van der Waals surface area (Å²) in [7, 11) is 0. The van der Waals surface area contributed by atoms with Gasteiger partial charge >= 0.3 is 0 Å². The van der Waals surface area contributed by atoms with Crippen molar-refractivity contribution in [2.24, 2.45) is 11.1 Å². The largest absolute Gasteiger partial charge is 0.508 e. The zero-order valence-electron chi connectivity index (χ0n) is 8.71. The molecule has 2 nitrogen and oxygen atoms in total. The molecule has 0 unspecified atom stereocenters. The summed E-state index contributed by atoms with van der Waals surface area (Å²) in [5.41, 5.74) is 6.79. The van der Waals surface area contributed by atoms with Crippen molar-refractivity contribution >= 4 is 15.9 Å². The SMILES string of the molecule is CC(C)(C)[C@H](N)c1cc(Br)ccc1O. The van der Waals surface area contributed by atoms with Crippen LogP contribution in [-0.4, -0.2) is 5.11 Å². The molecule has 0 aliphatic carbocycles. The summed E-state index contributed by atoms with van der Waals surface area (Å²) >= 11 is 3.36. The molecule has 78 valence electrons. The summed E-state index contributed by atoms with van der Waals surface area (Å²) in [4.78, 5) is 0. The Bertz CT molecular complexity index is 331. The van der Waals surface area contributed by atoms with E-state index in [1.54, 1.807) is 12.1 Å². The van der Waals surface area contributed by atoms with Gasteiger partial charge < -0.3 is 10.8 Å². The maximum atomic E-state index is 9.67.